The van der Waals surface area contributed by atoms with Crippen molar-refractivity contribution < 1.29 is 0 Å². The summed E-state index contributed by atoms with van der Waals surface area (Å²) in [5.41, 5.74) is 4.53. The number of hydrogen-bond acceptors (Lipinski definition) is 2. The molecule has 1 aliphatic heterocycles. The maximum absolute atomic E-state index is 3.92. The quantitative estimate of drug-likeness (QED) is 0.931. The smallest absolute Gasteiger partial charge is 0.0233 e. The summed E-state index contributed by atoms with van der Waals surface area (Å²) in [6, 6.07) is 21.1. The lowest BCUT2D eigenvalue weighted by molar-refractivity contribution is 0.184. The number of benzene rings is 2. The molecule has 0 bridgehead atoms. The van der Waals surface area contributed by atoms with E-state index in [-0.39, 0.29) is 0 Å². The number of rotatable bonds is 4. The number of likely N-dealkylation sites (tertiary alicyclic amines) is 1. The molecule has 4 rings (SSSR count). The van der Waals surface area contributed by atoms with Gasteiger partial charge in [-0.15, -0.1) is 0 Å². The molecule has 2 heteroatoms. The monoisotopic (exact) mass is 306 g/mol. The van der Waals surface area contributed by atoms with Crippen LogP contribution >= 0.6 is 0 Å². The van der Waals surface area contributed by atoms with Crippen LogP contribution in [0.1, 0.15) is 29.5 Å². The van der Waals surface area contributed by atoms with Crippen LogP contribution in [0.15, 0.2) is 54.6 Å². The molecule has 1 fully saturated rings. The minimum Gasteiger partial charge on any atom is -0.310 e. The first-order valence-corrected chi connectivity index (χ1v) is 8.96. The van der Waals surface area contributed by atoms with E-state index in [1.54, 1.807) is 11.1 Å². The van der Waals surface area contributed by atoms with Crippen molar-refractivity contribution in [1.29, 1.82) is 0 Å². The molecule has 1 heterocycles. The largest absolute Gasteiger partial charge is 0.310 e. The third kappa shape index (κ3) is 3.65. The highest BCUT2D eigenvalue weighted by molar-refractivity contribution is 5.33. The molecule has 1 saturated heterocycles. The molecule has 0 amide bonds. The summed E-state index contributed by atoms with van der Waals surface area (Å²) in [5, 5.41) is 3.92. The first-order chi connectivity index (χ1) is 11.4. The maximum atomic E-state index is 3.92. The van der Waals surface area contributed by atoms with E-state index in [0.717, 1.165) is 6.54 Å². The Labute approximate surface area is 139 Å². The Balaban J connectivity index is 1.25. The molecule has 0 spiro atoms. The lowest BCUT2D eigenvalue weighted by atomic mass is 10.0. The van der Waals surface area contributed by atoms with Gasteiger partial charge in [0.05, 0.1) is 0 Å². The Morgan fingerprint density at radius 2 is 1.39 bits per heavy atom. The van der Waals surface area contributed by atoms with Crippen LogP contribution in [0.25, 0.3) is 0 Å². The average Bonchev–Trinajstić information content (AvgIpc) is 3.00. The van der Waals surface area contributed by atoms with Crippen LogP contribution in [0.2, 0.25) is 0 Å². The Morgan fingerprint density at radius 3 is 2.04 bits per heavy atom. The summed E-state index contributed by atoms with van der Waals surface area (Å²) in [4.78, 5) is 2.59. The Morgan fingerprint density at radius 1 is 0.783 bits per heavy atom. The lowest BCUT2D eigenvalue weighted by Crippen LogP contribution is -2.46. The van der Waals surface area contributed by atoms with Gasteiger partial charge in [0.25, 0.3) is 0 Å². The molecule has 1 N–H and O–H groups in total. The van der Waals surface area contributed by atoms with Crippen LogP contribution in [0, 0.1) is 0 Å². The van der Waals surface area contributed by atoms with Gasteiger partial charge in [0.2, 0.25) is 0 Å². The molecule has 120 valence electrons. The van der Waals surface area contributed by atoms with Gasteiger partial charge in [0.1, 0.15) is 0 Å². The number of nitrogens with zero attached hydrogens (tertiary/aromatic N) is 1. The summed E-state index contributed by atoms with van der Waals surface area (Å²) >= 11 is 0. The fraction of sp³-hybridized carbons (Fsp3) is 0.429. The van der Waals surface area contributed by atoms with E-state index < -0.39 is 0 Å². The SMILES string of the molecule is c1ccc(CN2CCC(NC3Cc4ccccc4C3)CC2)cc1. The molecule has 0 atom stereocenters. The molecule has 0 unspecified atom stereocenters. The van der Waals surface area contributed by atoms with Crippen molar-refractivity contribution in [2.24, 2.45) is 0 Å². The van der Waals surface area contributed by atoms with Crippen molar-refractivity contribution in [2.75, 3.05) is 13.1 Å². The third-order valence-electron chi connectivity index (χ3n) is 5.36. The Kier molecular flexibility index (Phi) is 4.45. The van der Waals surface area contributed by atoms with Crippen LogP contribution < -0.4 is 5.32 Å². The highest BCUT2D eigenvalue weighted by Crippen LogP contribution is 2.23. The number of piperidine rings is 1. The topological polar surface area (TPSA) is 15.3 Å². The van der Waals surface area contributed by atoms with E-state index in [1.165, 1.54) is 44.3 Å². The van der Waals surface area contributed by atoms with Crippen molar-refractivity contribution in [1.82, 2.24) is 10.2 Å². The predicted molar refractivity (Wildman–Crippen MR) is 95.5 cm³/mol. The van der Waals surface area contributed by atoms with Crippen molar-refractivity contribution in [3.8, 4) is 0 Å². The average molecular weight is 306 g/mol. The van der Waals surface area contributed by atoms with E-state index in [9.17, 15) is 0 Å². The van der Waals surface area contributed by atoms with Crippen molar-refractivity contribution in [2.45, 2.75) is 44.3 Å². The van der Waals surface area contributed by atoms with Gasteiger partial charge in [-0.3, -0.25) is 4.90 Å². The molecule has 0 radical (unpaired) electrons. The molecule has 2 aromatic rings. The molecular weight excluding hydrogens is 280 g/mol. The van der Waals surface area contributed by atoms with Crippen molar-refractivity contribution in [3.63, 3.8) is 0 Å². The highest BCUT2D eigenvalue weighted by Gasteiger charge is 2.25. The third-order valence-corrected chi connectivity index (χ3v) is 5.36. The van der Waals surface area contributed by atoms with Crippen molar-refractivity contribution >= 4 is 0 Å². The van der Waals surface area contributed by atoms with Crippen LogP contribution in [-0.2, 0) is 19.4 Å². The second kappa shape index (κ2) is 6.86. The molecule has 2 aliphatic rings. The fourth-order valence-electron chi connectivity index (χ4n) is 4.11. The van der Waals surface area contributed by atoms with E-state index in [2.05, 4.69) is 64.8 Å². The standard InChI is InChI=1S/C21H26N2/c1-2-6-17(7-3-1)16-23-12-10-20(11-13-23)22-21-14-18-8-4-5-9-19(18)15-21/h1-9,20-22H,10-16H2. The van der Waals surface area contributed by atoms with Crippen LogP contribution in [-0.4, -0.2) is 30.1 Å². The molecule has 0 saturated carbocycles. The number of hydrogen-bond donors (Lipinski definition) is 1. The molecule has 23 heavy (non-hydrogen) atoms. The van der Waals surface area contributed by atoms with Gasteiger partial charge in [0.15, 0.2) is 0 Å². The zero-order valence-corrected chi connectivity index (χ0v) is 13.7. The van der Waals surface area contributed by atoms with Gasteiger partial charge in [-0.25, -0.2) is 0 Å². The first-order valence-electron chi connectivity index (χ1n) is 8.96. The van der Waals surface area contributed by atoms with E-state index >= 15 is 0 Å². The second-order valence-electron chi connectivity index (χ2n) is 7.08. The second-order valence-corrected chi connectivity index (χ2v) is 7.08. The van der Waals surface area contributed by atoms with E-state index in [4.69, 9.17) is 0 Å². The van der Waals surface area contributed by atoms with Gasteiger partial charge in [0, 0.05) is 18.6 Å². The summed E-state index contributed by atoms with van der Waals surface area (Å²) in [5.74, 6) is 0. The van der Waals surface area contributed by atoms with Gasteiger partial charge in [-0.1, -0.05) is 54.6 Å². The minimum atomic E-state index is 0.651. The normalized spacial score (nSPS) is 19.8. The highest BCUT2D eigenvalue weighted by atomic mass is 15.1. The van der Waals surface area contributed by atoms with Gasteiger partial charge < -0.3 is 5.32 Å². The van der Waals surface area contributed by atoms with Crippen LogP contribution in [0.5, 0.6) is 0 Å². The van der Waals surface area contributed by atoms with E-state index in [0.29, 0.717) is 12.1 Å². The lowest BCUT2D eigenvalue weighted by Gasteiger charge is -2.34. The summed E-state index contributed by atoms with van der Waals surface area (Å²) < 4.78 is 0. The van der Waals surface area contributed by atoms with Crippen LogP contribution in [0.3, 0.4) is 0 Å². The first kappa shape index (κ1) is 14.9. The number of nitrogens with one attached hydrogen (secondary N) is 1. The summed E-state index contributed by atoms with van der Waals surface area (Å²) in [7, 11) is 0. The Bertz CT molecular complexity index is 604. The zero-order valence-electron chi connectivity index (χ0n) is 13.7. The van der Waals surface area contributed by atoms with Crippen molar-refractivity contribution in [3.05, 3.63) is 71.3 Å². The molecule has 2 nitrogen and oxygen atoms in total. The van der Waals surface area contributed by atoms with Crippen LogP contribution in [0.4, 0.5) is 0 Å². The zero-order chi connectivity index (χ0) is 15.5. The van der Waals surface area contributed by atoms with Gasteiger partial charge >= 0.3 is 0 Å². The Hall–Kier alpha value is -1.64. The summed E-state index contributed by atoms with van der Waals surface area (Å²) in [6.45, 7) is 3.53. The van der Waals surface area contributed by atoms with Gasteiger partial charge in [-0.2, -0.15) is 0 Å². The predicted octanol–water partition coefficient (Wildman–Crippen LogP) is 3.41. The molecule has 1 aliphatic carbocycles. The van der Waals surface area contributed by atoms with E-state index in [1.807, 2.05) is 0 Å². The fourth-order valence-corrected chi connectivity index (χ4v) is 4.11. The minimum absolute atomic E-state index is 0.651. The number of fused-ring (bicyclic) bond motifs is 1. The molecule has 2 aromatic carbocycles. The maximum Gasteiger partial charge on any atom is 0.0233 e. The molecular formula is C21H26N2. The summed E-state index contributed by atoms with van der Waals surface area (Å²) in [6.07, 6.45) is 4.97. The molecule has 0 aromatic heterocycles. The van der Waals surface area contributed by atoms with Gasteiger partial charge in [-0.05, 0) is 55.5 Å².